The summed E-state index contributed by atoms with van der Waals surface area (Å²) >= 11 is 0. The fourth-order valence-electron chi connectivity index (χ4n) is 1.47. The molecule has 1 aliphatic rings. The first kappa shape index (κ1) is 10.4. The number of hydrogen-bond donors (Lipinski definition) is 2. The highest BCUT2D eigenvalue weighted by Gasteiger charge is 2.28. The van der Waals surface area contributed by atoms with Crippen LogP contribution in [-0.4, -0.2) is 23.8 Å². The first-order valence-corrected chi connectivity index (χ1v) is 4.85. The van der Waals surface area contributed by atoms with Crippen LogP contribution in [0.5, 0.6) is 0 Å². The van der Waals surface area contributed by atoms with E-state index in [4.69, 9.17) is 4.42 Å². The van der Waals surface area contributed by atoms with E-state index in [9.17, 15) is 14.4 Å². The SMILES string of the molecule is O=C1CC[C@@H](NC(=O)c2ccco2)C(=O)N1. The standard InChI is InChI=1S/C10H10N2O4/c13-8-4-3-6(9(14)12-8)11-10(15)7-2-1-5-16-7/h1-2,5-6H,3-4H2,(H,11,15)(H,12,13,14)/t6-/m1/s1. The minimum Gasteiger partial charge on any atom is -0.459 e. The van der Waals surface area contributed by atoms with E-state index in [1.165, 1.54) is 12.3 Å². The highest BCUT2D eigenvalue weighted by molar-refractivity contribution is 6.03. The smallest absolute Gasteiger partial charge is 0.287 e. The van der Waals surface area contributed by atoms with Crippen LogP contribution in [-0.2, 0) is 9.59 Å². The van der Waals surface area contributed by atoms with E-state index in [2.05, 4.69) is 10.6 Å². The topological polar surface area (TPSA) is 88.4 Å². The second-order valence-electron chi connectivity index (χ2n) is 3.45. The van der Waals surface area contributed by atoms with E-state index in [0.29, 0.717) is 6.42 Å². The van der Waals surface area contributed by atoms with Gasteiger partial charge >= 0.3 is 0 Å². The van der Waals surface area contributed by atoms with Crippen LogP contribution in [0.25, 0.3) is 0 Å². The highest BCUT2D eigenvalue weighted by Crippen LogP contribution is 2.06. The summed E-state index contributed by atoms with van der Waals surface area (Å²) in [6.45, 7) is 0. The summed E-state index contributed by atoms with van der Waals surface area (Å²) in [7, 11) is 0. The number of nitrogens with one attached hydrogen (secondary N) is 2. The van der Waals surface area contributed by atoms with Gasteiger partial charge in [0.1, 0.15) is 6.04 Å². The molecule has 0 unspecified atom stereocenters. The lowest BCUT2D eigenvalue weighted by Crippen LogP contribution is -2.52. The molecule has 1 fully saturated rings. The lowest BCUT2D eigenvalue weighted by molar-refractivity contribution is -0.134. The van der Waals surface area contributed by atoms with Crippen LogP contribution < -0.4 is 10.6 Å². The number of rotatable bonds is 2. The summed E-state index contributed by atoms with van der Waals surface area (Å²) in [6.07, 6.45) is 1.92. The molecule has 0 saturated carbocycles. The van der Waals surface area contributed by atoms with Crippen molar-refractivity contribution < 1.29 is 18.8 Å². The third-order valence-electron chi connectivity index (χ3n) is 2.29. The number of amides is 3. The van der Waals surface area contributed by atoms with E-state index < -0.39 is 17.9 Å². The van der Waals surface area contributed by atoms with Gasteiger partial charge in [0.25, 0.3) is 5.91 Å². The molecule has 1 saturated heterocycles. The van der Waals surface area contributed by atoms with Gasteiger partial charge in [0.05, 0.1) is 6.26 Å². The van der Waals surface area contributed by atoms with Crippen molar-refractivity contribution in [2.45, 2.75) is 18.9 Å². The number of hydrogen-bond acceptors (Lipinski definition) is 4. The summed E-state index contributed by atoms with van der Waals surface area (Å²) in [5.41, 5.74) is 0. The minimum absolute atomic E-state index is 0.143. The van der Waals surface area contributed by atoms with Gasteiger partial charge in [0.2, 0.25) is 11.8 Å². The van der Waals surface area contributed by atoms with Gasteiger partial charge in [0.15, 0.2) is 5.76 Å². The summed E-state index contributed by atoms with van der Waals surface area (Å²) in [6, 6.07) is 2.41. The first-order valence-electron chi connectivity index (χ1n) is 4.85. The lowest BCUT2D eigenvalue weighted by Gasteiger charge is -2.21. The zero-order valence-corrected chi connectivity index (χ0v) is 8.36. The molecule has 2 heterocycles. The maximum atomic E-state index is 11.5. The van der Waals surface area contributed by atoms with Crippen LogP contribution in [0.4, 0.5) is 0 Å². The normalized spacial score (nSPS) is 20.4. The quantitative estimate of drug-likeness (QED) is 0.679. The molecule has 2 N–H and O–H groups in total. The van der Waals surface area contributed by atoms with Gasteiger partial charge < -0.3 is 9.73 Å². The number of carbonyl (C=O) groups excluding carboxylic acids is 3. The Morgan fingerprint density at radius 2 is 2.31 bits per heavy atom. The van der Waals surface area contributed by atoms with Crippen LogP contribution in [0.1, 0.15) is 23.4 Å². The van der Waals surface area contributed by atoms with Gasteiger partial charge in [-0.3, -0.25) is 19.7 Å². The molecule has 0 aliphatic carbocycles. The molecular weight excluding hydrogens is 212 g/mol. The molecule has 1 aromatic heterocycles. The Morgan fingerprint density at radius 3 is 2.94 bits per heavy atom. The minimum atomic E-state index is -0.671. The fourth-order valence-corrected chi connectivity index (χ4v) is 1.47. The zero-order valence-electron chi connectivity index (χ0n) is 8.36. The predicted octanol–water partition coefficient (Wildman–Crippen LogP) is -0.185. The molecule has 6 nitrogen and oxygen atoms in total. The number of imide groups is 1. The van der Waals surface area contributed by atoms with Crippen LogP contribution >= 0.6 is 0 Å². The molecule has 0 bridgehead atoms. The van der Waals surface area contributed by atoms with E-state index in [0.717, 1.165) is 0 Å². The van der Waals surface area contributed by atoms with E-state index in [1.54, 1.807) is 6.07 Å². The van der Waals surface area contributed by atoms with E-state index >= 15 is 0 Å². The monoisotopic (exact) mass is 222 g/mol. The third kappa shape index (κ3) is 2.10. The van der Waals surface area contributed by atoms with Gasteiger partial charge in [0, 0.05) is 6.42 Å². The average molecular weight is 222 g/mol. The van der Waals surface area contributed by atoms with Gasteiger partial charge in [-0.1, -0.05) is 0 Å². The molecule has 6 heteroatoms. The Bertz CT molecular complexity index is 424. The van der Waals surface area contributed by atoms with Crippen molar-refractivity contribution in [1.29, 1.82) is 0 Å². The molecular formula is C10H10N2O4. The van der Waals surface area contributed by atoms with Crippen molar-refractivity contribution >= 4 is 17.7 Å². The van der Waals surface area contributed by atoms with E-state index in [-0.39, 0.29) is 18.1 Å². The highest BCUT2D eigenvalue weighted by atomic mass is 16.3. The number of furan rings is 1. The summed E-state index contributed by atoms with van der Waals surface area (Å²) in [4.78, 5) is 33.7. The maximum absolute atomic E-state index is 11.5. The largest absolute Gasteiger partial charge is 0.459 e. The van der Waals surface area contributed by atoms with Gasteiger partial charge in [-0.05, 0) is 18.6 Å². The Hall–Kier alpha value is -2.11. The van der Waals surface area contributed by atoms with Crippen molar-refractivity contribution in [2.75, 3.05) is 0 Å². The van der Waals surface area contributed by atoms with Crippen molar-refractivity contribution in [3.63, 3.8) is 0 Å². The Labute approximate surface area is 91.0 Å². The van der Waals surface area contributed by atoms with Gasteiger partial charge in [-0.25, -0.2) is 0 Å². The summed E-state index contributed by atoms with van der Waals surface area (Å²) in [5, 5.41) is 4.65. The van der Waals surface area contributed by atoms with Crippen molar-refractivity contribution in [3.8, 4) is 0 Å². The average Bonchev–Trinajstić information content (AvgIpc) is 2.75. The first-order chi connectivity index (χ1) is 7.66. The Balaban J connectivity index is 1.97. The molecule has 0 spiro atoms. The Morgan fingerprint density at radius 1 is 1.50 bits per heavy atom. The molecule has 1 aliphatic heterocycles. The maximum Gasteiger partial charge on any atom is 0.287 e. The molecule has 0 aromatic carbocycles. The van der Waals surface area contributed by atoms with Gasteiger partial charge in [-0.2, -0.15) is 0 Å². The van der Waals surface area contributed by atoms with Crippen LogP contribution in [0, 0.1) is 0 Å². The molecule has 3 amide bonds. The van der Waals surface area contributed by atoms with Crippen LogP contribution in [0.3, 0.4) is 0 Å². The van der Waals surface area contributed by atoms with Crippen LogP contribution in [0.15, 0.2) is 22.8 Å². The summed E-state index contributed by atoms with van der Waals surface area (Å²) < 4.78 is 4.88. The van der Waals surface area contributed by atoms with Gasteiger partial charge in [-0.15, -0.1) is 0 Å². The predicted molar refractivity (Wildman–Crippen MR) is 52.3 cm³/mol. The third-order valence-corrected chi connectivity index (χ3v) is 2.29. The second-order valence-corrected chi connectivity index (χ2v) is 3.45. The lowest BCUT2D eigenvalue weighted by atomic mass is 10.1. The molecule has 2 rings (SSSR count). The molecule has 84 valence electrons. The van der Waals surface area contributed by atoms with Crippen molar-refractivity contribution in [2.24, 2.45) is 0 Å². The molecule has 1 atom stereocenters. The fraction of sp³-hybridized carbons (Fsp3) is 0.300. The van der Waals surface area contributed by atoms with Crippen LogP contribution in [0.2, 0.25) is 0 Å². The molecule has 0 radical (unpaired) electrons. The zero-order chi connectivity index (χ0) is 11.5. The summed E-state index contributed by atoms with van der Waals surface area (Å²) in [5.74, 6) is -1.10. The number of piperidine rings is 1. The molecule has 1 aromatic rings. The molecule has 16 heavy (non-hydrogen) atoms. The van der Waals surface area contributed by atoms with E-state index in [1.807, 2.05) is 0 Å². The second kappa shape index (κ2) is 4.18. The Kier molecular flexibility index (Phi) is 2.72. The number of carbonyl (C=O) groups is 3. The van der Waals surface area contributed by atoms with Crippen molar-refractivity contribution in [1.82, 2.24) is 10.6 Å². The van der Waals surface area contributed by atoms with Crippen molar-refractivity contribution in [3.05, 3.63) is 24.2 Å².